The van der Waals surface area contributed by atoms with Crippen molar-refractivity contribution in [2.24, 2.45) is 18.9 Å². The van der Waals surface area contributed by atoms with E-state index in [1.54, 1.807) is 0 Å². The van der Waals surface area contributed by atoms with Crippen LogP contribution in [0.15, 0.2) is 18.3 Å². The van der Waals surface area contributed by atoms with Gasteiger partial charge in [0.15, 0.2) is 0 Å². The molecule has 1 aliphatic carbocycles. The van der Waals surface area contributed by atoms with Gasteiger partial charge in [0.05, 0.1) is 6.54 Å². The van der Waals surface area contributed by atoms with Crippen molar-refractivity contribution < 1.29 is 9.59 Å². The fraction of sp³-hybridized carbons (Fsp3) is 0.739. The molecule has 1 aromatic rings. The summed E-state index contributed by atoms with van der Waals surface area (Å²) in [5.41, 5.74) is 1.11. The largest absolute Gasteiger partial charge is 0.353 e. The molecule has 1 atom stereocenters. The highest BCUT2D eigenvalue weighted by atomic mass is 16.2. The summed E-state index contributed by atoms with van der Waals surface area (Å²) in [4.78, 5) is 30.2. The van der Waals surface area contributed by atoms with Crippen LogP contribution in [0.2, 0.25) is 0 Å². The molecule has 5 heteroatoms. The molecule has 0 aliphatic heterocycles. The molecule has 28 heavy (non-hydrogen) atoms. The smallest absolute Gasteiger partial charge is 0.242 e. The Hall–Kier alpha value is -1.78. The van der Waals surface area contributed by atoms with Gasteiger partial charge in [-0.3, -0.25) is 9.59 Å². The molecule has 1 aliphatic rings. The van der Waals surface area contributed by atoms with Crippen LogP contribution in [0.4, 0.5) is 0 Å². The molecule has 0 unspecified atom stereocenters. The third kappa shape index (κ3) is 6.11. The third-order valence-electron chi connectivity index (χ3n) is 6.01. The Morgan fingerprint density at radius 1 is 1.18 bits per heavy atom. The summed E-state index contributed by atoms with van der Waals surface area (Å²) in [6.07, 6.45) is 8.30. The molecule has 0 aromatic carbocycles. The molecule has 0 saturated heterocycles. The zero-order valence-corrected chi connectivity index (χ0v) is 18.5. The van der Waals surface area contributed by atoms with E-state index in [0.29, 0.717) is 19.0 Å². The summed E-state index contributed by atoms with van der Waals surface area (Å²) >= 11 is 0. The van der Waals surface area contributed by atoms with Gasteiger partial charge in [0.1, 0.15) is 6.54 Å². The lowest BCUT2D eigenvalue weighted by Crippen LogP contribution is -2.49. The molecule has 2 amide bonds. The third-order valence-corrected chi connectivity index (χ3v) is 6.01. The zero-order chi connectivity index (χ0) is 20.7. The molecule has 1 heterocycles. The highest BCUT2D eigenvalue weighted by Crippen LogP contribution is 2.26. The maximum absolute atomic E-state index is 13.3. The van der Waals surface area contributed by atoms with Gasteiger partial charge in [-0.25, -0.2) is 0 Å². The maximum atomic E-state index is 13.3. The molecule has 0 spiro atoms. The molecule has 0 N–H and O–H groups in total. The molecule has 0 radical (unpaired) electrons. The number of carbonyl (C=O) groups excluding carboxylic acids is 2. The monoisotopic (exact) mass is 389 g/mol. The van der Waals surface area contributed by atoms with E-state index < -0.39 is 0 Å². The highest BCUT2D eigenvalue weighted by molar-refractivity contribution is 5.86. The van der Waals surface area contributed by atoms with Crippen LogP contribution in [0.3, 0.4) is 0 Å². The van der Waals surface area contributed by atoms with Crippen molar-refractivity contribution in [3.05, 3.63) is 24.0 Å². The van der Waals surface area contributed by atoms with Gasteiger partial charge >= 0.3 is 0 Å². The molecule has 2 rings (SSSR count). The molecule has 1 fully saturated rings. The first kappa shape index (κ1) is 22.5. The Morgan fingerprint density at radius 2 is 1.86 bits per heavy atom. The molecule has 0 bridgehead atoms. The Labute approximate surface area is 171 Å². The first-order chi connectivity index (χ1) is 13.3. The molecule has 1 saturated carbocycles. The Balaban J connectivity index is 2.13. The van der Waals surface area contributed by atoms with Crippen molar-refractivity contribution in [2.45, 2.75) is 78.8 Å². The Morgan fingerprint density at radius 3 is 2.39 bits per heavy atom. The van der Waals surface area contributed by atoms with Crippen molar-refractivity contribution in [1.82, 2.24) is 14.4 Å². The lowest BCUT2D eigenvalue weighted by Gasteiger charge is -2.35. The van der Waals surface area contributed by atoms with Crippen LogP contribution in [0, 0.1) is 11.8 Å². The van der Waals surface area contributed by atoms with E-state index in [1.165, 1.54) is 6.42 Å². The summed E-state index contributed by atoms with van der Waals surface area (Å²) in [6, 6.07) is 4.15. The lowest BCUT2D eigenvalue weighted by atomic mass is 9.88. The number of hydrogen-bond donors (Lipinski definition) is 0. The highest BCUT2D eigenvalue weighted by Gasteiger charge is 2.31. The van der Waals surface area contributed by atoms with E-state index in [1.807, 2.05) is 29.1 Å². The first-order valence-electron chi connectivity index (χ1n) is 11.0. The number of aryl methyl sites for hydroxylation is 1. The van der Waals surface area contributed by atoms with E-state index in [0.717, 1.165) is 37.8 Å². The fourth-order valence-corrected chi connectivity index (χ4v) is 4.05. The lowest BCUT2D eigenvalue weighted by molar-refractivity contribution is -0.146. The normalized spacial score (nSPS) is 16.2. The summed E-state index contributed by atoms with van der Waals surface area (Å²) in [5.74, 6) is 0.724. The second-order valence-electron chi connectivity index (χ2n) is 8.84. The Kier molecular flexibility index (Phi) is 8.58. The number of amides is 2. The second-order valence-corrected chi connectivity index (χ2v) is 8.84. The van der Waals surface area contributed by atoms with Crippen molar-refractivity contribution >= 4 is 11.8 Å². The van der Waals surface area contributed by atoms with Crippen LogP contribution in [-0.2, 0) is 23.2 Å². The fourth-order valence-electron chi connectivity index (χ4n) is 4.05. The standard InChI is InChI=1S/C23H39N3O2/c1-6-19(4)26(23(28)20-11-8-7-9-12-20)17-22(27)25(15-18(2)3)16-21-13-10-14-24(21)5/h10,13-14,18-20H,6-9,11-12,15-17H2,1-5H3/t19-/m1/s1. The van der Waals surface area contributed by atoms with Crippen molar-refractivity contribution in [3.63, 3.8) is 0 Å². The van der Waals surface area contributed by atoms with Crippen LogP contribution >= 0.6 is 0 Å². The van der Waals surface area contributed by atoms with Crippen LogP contribution in [0.1, 0.15) is 71.9 Å². The molecule has 158 valence electrons. The zero-order valence-electron chi connectivity index (χ0n) is 18.5. The van der Waals surface area contributed by atoms with E-state index in [9.17, 15) is 9.59 Å². The van der Waals surface area contributed by atoms with Crippen LogP contribution in [-0.4, -0.2) is 45.3 Å². The summed E-state index contributed by atoms with van der Waals surface area (Å²) in [6.45, 7) is 9.91. The minimum absolute atomic E-state index is 0.0550. The average molecular weight is 390 g/mol. The van der Waals surface area contributed by atoms with Gasteiger partial charge in [0.25, 0.3) is 0 Å². The second kappa shape index (κ2) is 10.7. The predicted molar refractivity (Wildman–Crippen MR) is 114 cm³/mol. The number of rotatable bonds is 9. The summed E-state index contributed by atoms with van der Waals surface area (Å²) in [7, 11) is 2.01. The number of nitrogens with zero attached hydrogens (tertiary/aromatic N) is 3. The Bertz CT molecular complexity index is 632. The quantitative estimate of drug-likeness (QED) is 0.635. The summed E-state index contributed by atoms with van der Waals surface area (Å²) in [5, 5.41) is 0. The van der Waals surface area contributed by atoms with E-state index in [-0.39, 0.29) is 30.3 Å². The van der Waals surface area contributed by atoms with E-state index >= 15 is 0 Å². The van der Waals surface area contributed by atoms with E-state index in [2.05, 4.69) is 38.3 Å². The van der Waals surface area contributed by atoms with Crippen molar-refractivity contribution in [2.75, 3.05) is 13.1 Å². The first-order valence-corrected chi connectivity index (χ1v) is 11.0. The number of carbonyl (C=O) groups is 2. The molecular formula is C23H39N3O2. The molecular weight excluding hydrogens is 350 g/mol. The predicted octanol–water partition coefficient (Wildman–Crippen LogP) is 4.22. The van der Waals surface area contributed by atoms with Gasteiger partial charge in [0.2, 0.25) is 11.8 Å². The van der Waals surface area contributed by atoms with Gasteiger partial charge < -0.3 is 14.4 Å². The van der Waals surface area contributed by atoms with Crippen molar-refractivity contribution in [1.29, 1.82) is 0 Å². The van der Waals surface area contributed by atoms with Gasteiger partial charge in [-0.15, -0.1) is 0 Å². The minimum atomic E-state index is 0.0550. The summed E-state index contributed by atoms with van der Waals surface area (Å²) < 4.78 is 2.06. The van der Waals surface area contributed by atoms with Gasteiger partial charge in [0, 0.05) is 37.4 Å². The molecule has 5 nitrogen and oxygen atoms in total. The van der Waals surface area contributed by atoms with Crippen molar-refractivity contribution in [3.8, 4) is 0 Å². The van der Waals surface area contributed by atoms with E-state index in [4.69, 9.17) is 0 Å². The minimum Gasteiger partial charge on any atom is -0.353 e. The van der Waals surface area contributed by atoms with Crippen LogP contribution < -0.4 is 0 Å². The van der Waals surface area contributed by atoms with Crippen LogP contribution in [0.25, 0.3) is 0 Å². The number of aromatic nitrogens is 1. The SMILES string of the molecule is CC[C@@H](C)N(CC(=O)N(Cc1cccn1C)CC(C)C)C(=O)C1CCCCC1. The molecule has 1 aromatic heterocycles. The van der Waals surface area contributed by atoms with Gasteiger partial charge in [-0.2, -0.15) is 0 Å². The van der Waals surface area contributed by atoms with Gasteiger partial charge in [-0.1, -0.05) is 40.0 Å². The topological polar surface area (TPSA) is 45.6 Å². The maximum Gasteiger partial charge on any atom is 0.242 e. The number of hydrogen-bond acceptors (Lipinski definition) is 2. The van der Waals surface area contributed by atoms with Crippen LogP contribution in [0.5, 0.6) is 0 Å². The van der Waals surface area contributed by atoms with Gasteiger partial charge in [-0.05, 0) is 44.2 Å². The average Bonchev–Trinajstić information content (AvgIpc) is 3.09.